The van der Waals surface area contributed by atoms with Gasteiger partial charge in [-0.15, -0.1) is 0 Å². The van der Waals surface area contributed by atoms with Gasteiger partial charge in [0.05, 0.1) is 5.56 Å². The molecule has 0 radical (unpaired) electrons. The largest absolute Gasteiger partial charge is 0.416 e. The standard InChI is InChI=1S/C15H10F4N2OS/c16-11-5-7-12(8-6-11)20-14(23)21-13(22)9-1-3-10(4-2-9)15(17,18)19/h1-8H,(H2,20,21,22,23). The smallest absolute Gasteiger partial charge is 0.332 e. The number of amides is 1. The summed E-state index contributed by atoms with van der Waals surface area (Å²) in [6, 6.07) is 9.00. The molecule has 0 aliphatic carbocycles. The summed E-state index contributed by atoms with van der Waals surface area (Å²) in [5.74, 6) is -1.08. The van der Waals surface area contributed by atoms with Crippen molar-refractivity contribution >= 4 is 28.9 Å². The number of hydrogen-bond acceptors (Lipinski definition) is 2. The molecule has 23 heavy (non-hydrogen) atoms. The Morgan fingerprint density at radius 1 is 0.957 bits per heavy atom. The highest BCUT2D eigenvalue weighted by atomic mass is 32.1. The highest BCUT2D eigenvalue weighted by Crippen LogP contribution is 2.29. The van der Waals surface area contributed by atoms with E-state index in [2.05, 4.69) is 10.6 Å². The van der Waals surface area contributed by atoms with Gasteiger partial charge in [0.1, 0.15) is 5.82 Å². The van der Waals surface area contributed by atoms with Gasteiger partial charge < -0.3 is 5.32 Å². The van der Waals surface area contributed by atoms with E-state index in [0.29, 0.717) is 5.69 Å². The van der Waals surface area contributed by atoms with Gasteiger partial charge in [-0.3, -0.25) is 10.1 Å². The van der Waals surface area contributed by atoms with Crippen LogP contribution in [0, 0.1) is 5.82 Å². The number of nitrogens with one attached hydrogen (secondary N) is 2. The van der Waals surface area contributed by atoms with Crippen LogP contribution in [-0.2, 0) is 6.18 Å². The average molecular weight is 342 g/mol. The Bertz CT molecular complexity index is 712. The molecule has 1 amide bonds. The molecule has 0 heterocycles. The molecule has 120 valence electrons. The van der Waals surface area contributed by atoms with Gasteiger partial charge in [0.25, 0.3) is 5.91 Å². The maximum atomic E-state index is 12.8. The Balaban J connectivity index is 1.98. The maximum absolute atomic E-state index is 12.8. The number of alkyl halides is 3. The van der Waals surface area contributed by atoms with Crippen molar-refractivity contribution in [3.8, 4) is 0 Å². The Morgan fingerprint density at radius 3 is 2.04 bits per heavy atom. The first-order chi connectivity index (χ1) is 10.8. The van der Waals surface area contributed by atoms with Gasteiger partial charge in [0.15, 0.2) is 5.11 Å². The second-order valence-electron chi connectivity index (χ2n) is 4.49. The molecule has 0 atom stereocenters. The summed E-state index contributed by atoms with van der Waals surface area (Å²) in [5, 5.41) is 4.93. The van der Waals surface area contributed by atoms with Crippen molar-refractivity contribution in [2.24, 2.45) is 0 Å². The summed E-state index contributed by atoms with van der Waals surface area (Å²) in [4.78, 5) is 11.9. The molecule has 8 heteroatoms. The SMILES string of the molecule is O=C(NC(=S)Nc1ccc(F)cc1)c1ccc(C(F)(F)F)cc1. The fourth-order valence-electron chi connectivity index (χ4n) is 1.68. The number of thiocarbonyl (C=S) groups is 1. The first-order valence-corrected chi connectivity index (χ1v) is 6.72. The molecule has 0 spiro atoms. The second kappa shape index (κ2) is 6.74. The molecule has 2 aromatic carbocycles. The monoisotopic (exact) mass is 342 g/mol. The second-order valence-corrected chi connectivity index (χ2v) is 4.90. The molecule has 0 fully saturated rings. The lowest BCUT2D eigenvalue weighted by atomic mass is 10.1. The zero-order chi connectivity index (χ0) is 17.0. The Labute approximate surface area is 134 Å². The van der Waals surface area contributed by atoms with Crippen LogP contribution in [0.5, 0.6) is 0 Å². The predicted octanol–water partition coefficient (Wildman–Crippen LogP) is 3.97. The number of carbonyl (C=O) groups excluding carboxylic acids is 1. The quantitative estimate of drug-likeness (QED) is 0.641. The summed E-state index contributed by atoms with van der Waals surface area (Å²) >= 11 is 4.91. The molecule has 3 nitrogen and oxygen atoms in total. The summed E-state index contributed by atoms with van der Waals surface area (Å²) in [6.45, 7) is 0. The molecule has 0 aromatic heterocycles. The van der Waals surface area contributed by atoms with E-state index in [1.165, 1.54) is 24.3 Å². The predicted molar refractivity (Wildman–Crippen MR) is 81.5 cm³/mol. The van der Waals surface area contributed by atoms with E-state index in [0.717, 1.165) is 24.3 Å². The summed E-state index contributed by atoms with van der Waals surface area (Å²) in [5.41, 5.74) is -0.355. The lowest BCUT2D eigenvalue weighted by Gasteiger charge is -2.10. The normalized spacial score (nSPS) is 11.0. The summed E-state index contributed by atoms with van der Waals surface area (Å²) in [7, 11) is 0. The minimum absolute atomic E-state index is 0.0289. The fraction of sp³-hybridized carbons (Fsp3) is 0.0667. The van der Waals surface area contributed by atoms with Crippen molar-refractivity contribution in [1.82, 2.24) is 5.32 Å². The van der Waals surface area contributed by atoms with Crippen molar-refractivity contribution in [1.29, 1.82) is 0 Å². The lowest BCUT2D eigenvalue weighted by molar-refractivity contribution is -0.137. The maximum Gasteiger partial charge on any atom is 0.416 e. The van der Waals surface area contributed by atoms with Crippen LogP contribution < -0.4 is 10.6 Å². The van der Waals surface area contributed by atoms with E-state index in [1.807, 2.05) is 0 Å². The van der Waals surface area contributed by atoms with Crippen molar-refractivity contribution in [2.75, 3.05) is 5.32 Å². The summed E-state index contributed by atoms with van der Waals surface area (Å²) in [6.07, 6.45) is -4.46. The fourth-order valence-corrected chi connectivity index (χ4v) is 1.89. The van der Waals surface area contributed by atoms with E-state index >= 15 is 0 Å². The first kappa shape index (κ1) is 16.9. The minimum Gasteiger partial charge on any atom is -0.332 e. The van der Waals surface area contributed by atoms with E-state index in [4.69, 9.17) is 12.2 Å². The van der Waals surface area contributed by atoms with Gasteiger partial charge >= 0.3 is 6.18 Å². The number of carbonyl (C=O) groups is 1. The van der Waals surface area contributed by atoms with Gasteiger partial charge in [0, 0.05) is 11.3 Å². The van der Waals surface area contributed by atoms with Gasteiger partial charge in [-0.25, -0.2) is 4.39 Å². The van der Waals surface area contributed by atoms with Crippen LogP contribution in [0.1, 0.15) is 15.9 Å². The van der Waals surface area contributed by atoms with E-state index in [9.17, 15) is 22.4 Å². The van der Waals surface area contributed by atoms with Crippen molar-refractivity contribution < 1.29 is 22.4 Å². The number of anilines is 1. The topological polar surface area (TPSA) is 41.1 Å². The third-order valence-corrected chi connectivity index (χ3v) is 3.01. The Morgan fingerprint density at radius 2 is 1.52 bits per heavy atom. The van der Waals surface area contributed by atoms with Crippen LogP contribution in [0.25, 0.3) is 0 Å². The zero-order valence-electron chi connectivity index (χ0n) is 11.4. The van der Waals surface area contributed by atoms with Crippen LogP contribution in [-0.4, -0.2) is 11.0 Å². The molecule has 0 aliphatic rings. The Hall–Kier alpha value is -2.48. The number of benzene rings is 2. The number of rotatable bonds is 2. The average Bonchev–Trinajstić information content (AvgIpc) is 2.49. The summed E-state index contributed by atoms with van der Waals surface area (Å²) < 4.78 is 50.1. The highest BCUT2D eigenvalue weighted by molar-refractivity contribution is 7.80. The van der Waals surface area contributed by atoms with Crippen LogP contribution >= 0.6 is 12.2 Å². The molecule has 0 saturated heterocycles. The van der Waals surface area contributed by atoms with E-state index < -0.39 is 23.5 Å². The molecule has 0 bridgehead atoms. The Kier molecular flexibility index (Phi) is 4.95. The van der Waals surface area contributed by atoms with Gasteiger partial charge in [0.2, 0.25) is 0 Å². The zero-order valence-corrected chi connectivity index (χ0v) is 12.3. The highest BCUT2D eigenvalue weighted by Gasteiger charge is 2.30. The molecule has 2 rings (SSSR count). The third-order valence-electron chi connectivity index (χ3n) is 2.80. The third kappa shape index (κ3) is 4.75. The van der Waals surface area contributed by atoms with Crippen LogP contribution in [0.15, 0.2) is 48.5 Å². The van der Waals surface area contributed by atoms with Gasteiger partial charge in [-0.1, -0.05) is 0 Å². The van der Waals surface area contributed by atoms with E-state index in [1.54, 1.807) is 0 Å². The molecule has 2 aromatic rings. The van der Waals surface area contributed by atoms with Crippen LogP contribution in [0.4, 0.5) is 23.2 Å². The van der Waals surface area contributed by atoms with Crippen molar-refractivity contribution in [3.05, 3.63) is 65.5 Å². The van der Waals surface area contributed by atoms with Gasteiger partial charge in [-0.2, -0.15) is 13.2 Å². The minimum atomic E-state index is -4.46. The van der Waals surface area contributed by atoms with Crippen LogP contribution in [0.3, 0.4) is 0 Å². The van der Waals surface area contributed by atoms with Crippen molar-refractivity contribution in [2.45, 2.75) is 6.18 Å². The number of halogens is 4. The lowest BCUT2D eigenvalue weighted by Crippen LogP contribution is -2.34. The molecule has 0 saturated carbocycles. The molecule has 0 unspecified atom stereocenters. The van der Waals surface area contributed by atoms with Gasteiger partial charge in [-0.05, 0) is 60.7 Å². The van der Waals surface area contributed by atoms with Crippen LogP contribution in [0.2, 0.25) is 0 Å². The molecular weight excluding hydrogens is 332 g/mol. The molecular formula is C15H10F4N2OS. The van der Waals surface area contributed by atoms with Crippen molar-refractivity contribution in [3.63, 3.8) is 0 Å². The molecule has 0 aliphatic heterocycles. The molecule has 2 N–H and O–H groups in total. The number of hydrogen-bond donors (Lipinski definition) is 2. The first-order valence-electron chi connectivity index (χ1n) is 6.31. The van der Waals surface area contributed by atoms with E-state index in [-0.39, 0.29) is 10.7 Å².